The first-order valence-electron chi connectivity index (χ1n) is 7.43. The van der Waals surface area contributed by atoms with Crippen molar-refractivity contribution >= 4 is 40.5 Å². The molecular weight excluding hydrogens is 361 g/mol. The van der Waals surface area contributed by atoms with Gasteiger partial charge in [0.1, 0.15) is 0 Å². The van der Waals surface area contributed by atoms with Gasteiger partial charge in [-0.05, 0) is 47.5 Å². The highest BCUT2D eigenvalue weighted by molar-refractivity contribution is 6.42. The summed E-state index contributed by atoms with van der Waals surface area (Å²) in [5.41, 5.74) is 3.09. The molecule has 4 rings (SSSR count). The van der Waals surface area contributed by atoms with Crippen molar-refractivity contribution in [3.05, 3.63) is 70.2 Å². The van der Waals surface area contributed by atoms with Gasteiger partial charge in [0.05, 0.1) is 27.0 Å². The number of carbonyl (C=O) groups is 1. The van der Waals surface area contributed by atoms with Crippen LogP contribution in [-0.2, 0) is 0 Å². The number of carboxylic acids is 1. The highest BCUT2D eigenvalue weighted by Gasteiger charge is 2.22. The summed E-state index contributed by atoms with van der Waals surface area (Å²) in [4.78, 5) is 11.4. The minimum atomic E-state index is -1.02. The van der Waals surface area contributed by atoms with Gasteiger partial charge < -0.3 is 15.2 Å². The third-order valence-corrected chi connectivity index (χ3v) is 4.71. The predicted molar refractivity (Wildman–Crippen MR) is 98.7 cm³/mol. The summed E-state index contributed by atoms with van der Waals surface area (Å²) in [6.45, 7) is 0. The van der Waals surface area contributed by atoms with Gasteiger partial charge in [-0.25, -0.2) is 4.79 Å². The molecule has 0 spiro atoms. The van der Waals surface area contributed by atoms with E-state index in [4.69, 9.17) is 27.9 Å². The van der Waals surface area contributed by atoms with Gasteiger partial charge in [0.25, 0.3) is 0 Å². The van der Waals surface area contributed by atoms with Crippen molar-refractivity contribution in [3.8, 4) is 22.6 Å². The van der Waals surface area contributed by atoms with E-state index in [9.17, 15) is 9.90 Å². The maximum atomic E-state index is 11.4. The molecule has 0 aromatic heterocycles. The third kappa shape index (κ3) is 2.80. The summed E-state index contributed by atoms with van der Waals surface area (Å²) in [7, 11) is 0. The summed E-state index contributed by atoms with van der Waals surface area (Å²) in [6, 6.07) is 15.9. The molecule has 0 bridgehead atoms. The molecule has 0 atom stereocenters. The second kappa shape index (κ2) is 5.99. The normalized spacial score (nSPS) is 11.8. The van der Waals surface area contributed by atoms with E-state index in [1.54, 1.807) is 24.3 Å². The number of anilines is 2. The maximum absolute atomic E-state index is 11.4. The van der Waals surface area contributed by atoms with E-state index in [0.29, 0.717) is 32.9 Å². The molecule has 0 fully saturated rings. The molecule has 0 radical (unpaired) electrons. The van der Waals surface area contributed by atoms with Gasteiger partial charge in [-0.1, -0.05) is 41.4 Å². The molecule has 3 aromatic rings. The molecule has 2 N–H and O–H groups in total. The van der Waals surface area contributed by atoms with E-state index < -0.39 is 5.97 Å². The van der Waals surface area contributed by atoms with Crippen LogP contribution in [-0.4, -0.2) is 11.1 Å². The average molecular weight is 372 g/mol. The van der Waals surface area contributed by atoms with Crippen molar-refractivity contribution in [2.24, 2.45) is 0 Å². The first-order valence-corrected chi connectivity index (χ1v) is 8.19. The lowest BCUT2D eigenvalue weighted by molar-refractivity contribution is 0.0697. The molecule has 0 saturated carbocycles. The fraction of sp³-hybridized carbons (Fsp3) is 0. The summed E-state index contributed by atoms with van der Waals surface area (Å²) in [6.07, 6.45) is 0. The molecular formula is C19H11Cl2NO3. The fourth-order valence-electron chi connectivity index (χ4n) is 2.75. The van der Waals surface area contributed by atoms with Crippen LogP contribution in [0.4, 0.5) is 11.4 Å². The van der Waals surface area contributed by atoms with E-state index >= 15 is 0 Å². The van der Waals surface area contributed by atoms with E-state index in [2.05, 4.69) is 5.32 Å². The first-order chi connectivity index (χ1) is 12.0. The van der Waals surface area contributed by atoms with Crippen LogP contribution in [0.15, 0.2) is 54.6 Å². The Morgan fingerprint density at radius 3 is 2.44 bits per heavy atom. The van der Waals surface area contributed by atoms with Gasteiger partial charge in [-0.15, -0.1) is 0 Å². The van der Waals surface area contributed by atoms with Crippen molar-refractivity contribution in [3.63, 3.8) is 0 Å². The second-order valence-electron chi connectivity index (χ2n) is 5.55. The van der Waals surface area contributed by atoms with Crippen LogP contribution < -0.4 is 10.1 Å². The van der Waals surface area contributed by atoms with Gasteiger partial charge in [0.15, 0.2) is 11.5 Å². The van der Waals surface area contributed by atoms with E-state index in [1.807, 2.05) is 24.3 Å². The number of nitrogens with one attached hydrogen (secondary N) is 1. The Hall–Kier alpha value is -2.69. The summed E-state index contributed by atoms with van der Waals surface area (Å²) in [5.74, 6) is 0.0885. The molecule has 0 unspecified atom stereocenters. The number of benzene rings is 3. The Balaban J connectivity index is 1.77. The lowest BCUT2D eigenvalue weighted by Gasteiger charge is -2.23. The van der Waals surface area contributed by atoms with Crippen molar-refractivity contribution in [2.45, 2.75) is 0 Å². The molecule has 1 heterocycles. The number of fused-ring (bicyclic) bond motifs is 2. The van der Waals surface area contributed by atoms with Crippen molar-refractivity contribution < 1.29 is 14.6 Å². The number of hydrogen-bond acceptors (Lipinski definition) is 3. The Bertz CT molecular complexity index is 1020. The van der Waals surface area contributed by atoms with Crippen molar-refractivity contribution in [1.29, 1.82) is 0 Å². The van der Waals surface area contributed by atoms with E-state index in [-0.39, 0.29) is 5.56 Å². The van der Waals surface area contributed by atoms with Gasteiger partial charge >= 0.3 is 5.97 Å². The van der Waals surface area contributed by atoms with Gasteiger partial charge in [-0.2, -0.15) is 0 Å². The summed E-state index contributed by atoms with van der Waals surface area (Å²) >= 11 is 12.1. The van der Waals surface area contributed by atoms with Crippen LogP contribution in [0.2, 0.25) is 10.0 Å². The van der Waals surface area contributed by atoms with Gasteiger partial charge in [0, 0.05) is 0 Å². The molecule has 4 nitrogen and oxygen atoms in total. The first kappa shape index (κ1) is 15.8. The van der Waals surface area contributed by atoms with Crippen LogP contribution >= 0.6 is 23.2 Å². The van der Waals surface area contributed by atoms with E-state index in [0.717, 1.165) is 11.1 Å². The van der Waals surface area contributed by atoms with Crippen molar-refractivity contribution in [2.75, 3.05) is 5.32 Å². The zero-order valence-corrected chi connectivity index (χ0v) is 14.2. The number of aromatic carboxylic acids is 1. The standard InChI is InChI=1S/C19H11Cl2NO3/c20-13-6-4-10(8-14(13)21)11-5-7-16-15(9-11)22-18-12(19(23)24)2-1-3-17(18)25-16/h1-9,22H,(H,23,24). The maximum Gasteiger partial charge on any atom is 0.337 e. The number of para-hydroxylation sites is 1. The molecule has 1 aliphatic rings. The molecule has 3 aromatic carbocycles. The average Bonchev–Trinajstić information content (AvgIpc) is 2.61. The highest BCUT2D eigenvalue weighted by Crippen LogP contribution is 2.45. The van der Waals surface area contributed by atoms with Crippen LogP contribution in [0, 0.1) is 0 Å². The van der Waals surface area contributed by atoms with E-state index in [1.165, 1.54) is 6.07 Å². The molecule has 1 aliphatic heterocycles. The number of carboxylic acid groups (broad SMARTS) is 1. The topological polar surface area (TPSA) is 58.6 Å². The summed E-state index contributed by atoms with van der Waals surface area (Å²) in [5, 5.41) is 13.5. The van der Waals surface area contributed by atoms with Crippen LogP contribution in [0.5, 0.6) is 11.5 Å². The monoisotopic (exact) mass is 371 g/mol. The zero-order valence-electron chi connectivity index (χ0n) is 12.7. The Morgan fingerprint density at radius 2 is 1.68 bits per heavy atom. The molecule has 0 aliphatic carbocycles. The van der Waals surface area contributed by atoms with Crippen LogP contribution in [0.1, 0.15) is 10.4 Å². The summed E-state index contributed by atoms with van der Waals surface area (Å²) < 4.78 is 5.83. The SMILES string of the molecule is O=C(O)c1cccc2c1Nc1cc(-c3ccc(Cl)c(Cl)c3)ccc1O2. The largest absolute Gasteiger partial charge is 0.478 e. The lowest BCUT2D eigenvalue weighted by atomic mass is 10.0. The zero-order chi connectivity index (χ0) is 17.6. The highest BCUT2D eigenvalue weighted by atomic mass is 35.5. The van der Waals surface area contributed by atoms with Gasteiger partial charge in [0.2, 0.25) is 0 Å². The minimum Gasteiger partial charge on any atom is -0.478 e. The smallest absolute Gasteiger partial charge is 0.337 e. The Kier molecular flexibility index (Phi) is 3.79. The molecule has 124 valence electrons. The van der Waals surface area contributed by atoms with Gasteiger partial charge in [-0.3, -0.25) is 0 Å². The second-order valence-corrected chi connectivity index (χ2v) is 6.37. The van der Waals surface area contributed by atoms with Crippen molar-refractivity contribution in [1.82, 2.24) is 0 Å². The third-order valence-electron chi connectivity index (χ3n) is 3.97. The number of halogens is 2. The van der Waals surface area contributed by atoms with Crippen LogP contribution in [0.3, 0.4) is 0 Å². The quantitative estimate of drug-likeness (QED) is 0.439. The number of rotatable bonds is 2. The lowest BCUT2D eigenvalue weighted by Crippen LogP contribution is -2.08. The minimum absolute atomic E-state index is 0.156. The predicted octanol–water partition coefficient (Wildman–Crippen LogP) is 6.21. The molecule has 25 heavy (non-hydrogen) atoms. The number of hydrogen-bond donors (Lipinski definition) is 2. The molecule has 0 saturated heterocycles. The van der Waals surface area contributed by atoms with Crippen LogP contribution in [0.25, 0.3) is 11.1 Å². The molecule has 6 heteroatoms. The Labute approximate surface area is 153 Å². The molecule has 0 amide bonds. The number of ether oxygens (including phenoxy) is 1. The fourth-order valence-corrected chi connectivity index (χ4v) is 3.05. The Morgan fingerprint density at radius 1 is 0.920 bits per heavy atom.